The number of fused-ring (bicyclic) bond motifs is 1. The van der Waals surface area contributed by atoms with Crippen molar-refractivity contribution >= 4 is 17.3 Å². The standard InChI is InChI=1S/C18H22N4O2/c1-12-4-3-7-22(10-12)18-9-17(19-13(2)20-18)21-14-5-6-15-16(8-14)24-11-23-15/h5-6,8-9,12H,3-4,7,10-11H2,1-2H3,(H,19,20,21). The van der Waals surface area contributed by atoms with Gasteiger partial charge in [0.1, 0.15) is 17.5 Å². The first kappa shape index (κ1) is 15.1. The summed E-state index contributed by atoms with van der Waals surface area (Å²) in [5.74, 6) is 4.82. The molecule has 1 N–H and O–H groups in total. The van der Waals surface area contributed by atoms with E-state index in [2.05, 4.69) is 27.1 Å². The molecular weight excluding hydrogens is 304 g/mol. The van der Waals surface area contributed by atoms with Gasteiger partial charge in [0.05, 0.1) is 0 Å². The molecule has 0 bridgehead atoms. The maximum atomic E-state index is 5.43. The van der Waals surface area contributed by atoms with Crippen LogP contribution in [0.4, 0.5) is 17.3 Å². The molecule has 3 heterocycles. The summed E-state index contributed by atoms with van der Waals surface area (Å²) in [4.78, 5) is 11.5. The van der Waals surface area contributed by atoms with E-state index in [1.54, 1.807) is 0 Å². The van der Waals surface area contributed by atoms with E-state index in [1.165, 1.54) is 12.8 Å². The summed E-state index contributed by atoms with van der Waals surface area (Å²) in [7, 11) is 0. The number of piperidine rings is 1. The largest absolute Gasteiger partial charge is 0.454 e. The van der Waals surface area contributed by atoms with Crippen LogP contribution in [0.15, 0.2) is 24.3 Å². The normalized spacial score (nSPS) is 19.4. The fraction of sp³-hybridized carbons (Fsp3) is 0.444. The minimum absolute atomic E-state index is 0.280. The van der Waals surface area contributed by atoms with Gasteiger partial charge in [-0.15, -0.1) is 0 Å². The number of nitrogens with zero attached hydrogens (tertiary/aromatic N) is 3. The molecule has 0 amide bonds. The van der Waals surface area contributed by atoms with E-state index in [-0.39, 0.29) is 6.79 Å². The Labute approximate surface area is 141 Å². The number of hydrogen-bond acceptors (Lipinski definition) is 6. The second kappa shape index (κ2) is 6.19. The van der Waals surface area contributed by atoms with Crippen LogP contribution in [0.2, 0.25) is 0 Å². The van der Waals surface area contributed by atoms with E-state index in [1.807, 2.05) is 31.2 Å². The molecule has 6 heteroatoms. The average molecular weight is 326 g/mol. The minimum Gasteiger partial charge on any atom is -0.454 e. The minimum atomic E-state index is 0.280. The summed E-state index contributed by atoms with van der Waals surface area (Å²) >= 11 is 0. The zero-order valence-corrected chi connectivity index (χ0v) is 14.1. The summed E-state index contributed by atoms with van der Waals surface area (Å²) in [6, 6.07) is 7.83. The smallest absolute Gasteiger partial charge is 0.231 e. The molecule has 1 fully saturated rings. The van der Waals surface area contributed by atoms with Crippen molar-refractivity contribution in [3.63, 3.8) is 0 Å². The highest BCUT2D eigenvalue weighted by Gasteiger charge is 2.19. The average Bonchev–Trinajstić information content (AvgIpc) is 3.02. The Morgan fingerprint density at radius 1 is 1.17 bits per heavy atom. The highest BCUT2D eigenvalue weighted by molar-refractivity contribution is 5.63. The first-order valence-corrected chi connectivity index (χ1v) is 8.45. The van der Waals surface area contributed by atoms with Gasteiger partial charge in [0.2, 0.25) is 6.79 Å². The van der Waals surface area contributed by atoms with Gasteiger partial charge in [0.25, 0.3) is 0 Å². The van der Waals surface area contributed by atoms with Gasteiger partial charge in [-0.3, -0.25) is 0 Å². The predicted molar refractivity (Wildman–Crippen MR) is 93.2 cm³/mol. The first-order valence-electron chi connectivity index (χ1n) is 8.45. The molecule has 1 aromatic heterocycles. The lowest BCUT2D eigenvalue weighted by Gasteiger charge is -2.32. The third-order valence-electron chi connectivity index (χ3n) is 4.45. The van der Waals surface area contributed by atoms with Crippen LogP contribution < -0.4 is 19.7 Å². The van der Waals surface area contributed by atoms with Crippen LogP contribution >= 0.6 is 0 Å². The number of benzene rings is 1. The Morgan fingerprint density at radius 2 is 2.04 bits per heavy atom. The molecule has 2 aromatic rings. The molecule has 6 nitrogen and oxygen atoms in total. The Bertz CT molecular complexity index is 750. The molecule has 0 saturated carbocycles. The number of anilines is 3. The lowest BCUT2D eigenvalue weighted by atomic mass is 10.0. The first-order chi connectivity index (χ1) is 11.7. The predicted octanol–water partition coefficient (Wildman–Crippen LogP) is 3.49. The quantitative estimate of drug-likeness (QED) is 0.931. The third kappa shape index (κ3) is 3.09. The maximum Gasteiger partial charge on any atom is 0.231 e. The molecule has 24 heavy (non-hydrogen) atoms. The number of aryl methyl sites for hydroxylation is 1. The molecule has 1 aromatic carbocycles. The second-order valence-corrected chi connectivity index (χ2v) is 6.55. The van der Waals surface area contributed by atoms with Crippen molar-refractivity contribution in [3.8, 4) is 11.5 Å². The van der Waals surface area contributed by atoms with Gasteiger partial charge in [-0.25, -0.2) is 9.97 Å². The summed E-state index contributed by atoms with van der Waals surface area (Å²) in [6.45, 7) is 6.63. The molecule has 0 radical (unpaired) electrons. The summed E-state index contributed by atoms with van der Waals surface area (Å²) in [5.41, 5.74) is 0.926. The maximum absolute atomic E-state index is 5.43. The number of aromatic nitrogens is 2. The molecule has 126 valence electrons. The summed E-state index contributed by atoms with van der Waals surface area (Å²) in [6.07, 6.45) is 2.51. The van der Waals surface area contributed by atoms with Crippen LogP contribution in [0.1, 0.15) is 25.6 Å². The van der Waals surface area contributed by atoms with Crippen molar-refractivity contribution in [2.45, 2.75) is 26.7 Å². The molecule has 4 rings (SSSR count). The van der Waals surface area contributed by atoms with Crippen LogP contribution in [0, 0.1) is 12.8 Å². The van der Waals surface area contributed by atoms with Crippen molar-refractivity contribution in [2.75, 3.05) is 30.1 Å². The van der Waals surface area contributed by atoms with Crippen molar-refractivity contribution < 1.29 is 9.47 Å². The molecule has 2 aliphatic rings. The molecule has 0 aliphatic carbocycles. The van der Waals surface area contributed by atoms with E-state index >= 15 is 0 Å². The zero-order valence-electron chi connectivity index (χ0n) is 14.1. The molecule has 1 atom stereocenters. The monoisotopic (exact) mass is 326 g/mol. The third-order valence-corrected chi connectivity index (χ3v) is 4.45. The number of ether oxygens (including phenoxy) is 2. The Hall–Kier alpha value is -2.50. The zero-order chi connectivity index (χ0) is 16.5. The van der Waals surface area contributed by atoms with Crippen LogP contribution in [-0.4, -0.2) is 29.9 Å². The Balaban J connectivity index is 1.57. The van der Waals surface area contributed by atoms with E-state index < -0.39 is 0 Å². The van der Waals surface area contributed by atoms with Crippen molar-refractivity contribution in [1.82, 2.24) is 9.97 Å². The van der Waals surface area contributed by atoms with Crippen molar-refractivity contribution in [2.24, 2.45) is 5.92 Å². The van der Waals surface area contributed by atoms with Crippen LogP contribution in [0.3, 0.4) is 0 Å². The number of nitrogens with one attached hydrogen (secondary N) is 1. The van der Waals surface area contributed by atoms with Gasteiger partial charge in [-0.05, 0) is 37.8 Å². The molecule has 1 unspecified atom stereocenters. The van der Waals surface area contributed by atoms with Gasteiger partial charge in [0.15, 0.2) is 11.5 Å². The van der Waals surface area contributed by atoms with Gasteiger partial charge >= 0.3 is 0 Å². The number of hydrogen-bond donors (Lipinski definition) is 1. The topological polar surface area (TPSA) is 59.5 Å². The molecule has 0 spiro atoms. The number of rotatable bonds is 3. The Kier molecular flexibility index (Phi) is 3.88. The van der Waals surface area contributed by atoms with Gasteiger partial charge in [-0.1, -0.05) is 6.92 Å². The van der Waals surface area contributed by atoms with Gasteiger partial charge in [-0.2, -0.15) is 0 Å². The van der Waals surface area contributed by atoms with E-state index in [4.69, 9.17) is 9.47 Å². The highest BCUT2D eigenvalue weighted by Crippen LogP contribution is 2.35. The van der Waals surface area contributed by atoms with E-state index in [0.717, 1.165) is 47.7 Å². The molecule has 2 aliphatic heterocycles. The van der Waals surface area contributed by atoms with Crippen LogP contribution in [0.5, 0.6) is 11.5 Å². The summed E-state index contributed by atoms with van der Waals surface area (Å²) < 4.78 is 10.8. The fourth-order valence-electron chi connectivity index (χ4n) is 3.30. The molecule has 1 saturated heterocycles. The fourth-order valence-corrected chi connectivity index (χ4v) is 3.30. The SMILES string of the molecule is Cc1nc(Nc2ccc3c(c2)OCO3)cc(N2CCCC(C)C2)n1. The Morgan fingerprint density at radius 3 is 2.92 bits per heavy atom. The van der Waals surface area contributed by atoms with Crippen LogP contribution in [-0.2, 0) is 0 Å². The summed E-state index contributed by atoms with van der Waals surface area (Å²) in [5, 5.41) is 3.35. The highest BCUT2D eigenvalue weighted by atomic mass is 16.7. The van der Waals surface area contributed by atoms with Crippen molar-refractivity contribution in [1.29, 1.82) is 0 Å². The lowest BCUT2D eigenvalue weighted by molar-refractivity contribution is 0.174. The van der Waals surface area contributed by atoms with E-state index in [0.29, 0.717) is 5.92 Å². The lowest BCUT2D eigenvalue weighted by Crippen LogP contribution is -2.35. The second-order valence-electron chi connectivity index (χ2n) is 6.55. The van der Waals surface area contributed by atoms with Crippen LogP contribution in [0.25, 0.3) is 0 Å². The van der Waals surface area contributed by atoms with Gasteiger partial charge in [0, 0.05) is 30.9 Å². The molecular formula is C18H22N4O2. The van der Waals surface area contributed by atoms with Gasteiger partial charge < -0.3 is 19.7 Å². The van der Waals surface area contributed by atoms with E-state index in [9.17, 15) is 0 Å². The van der Waals surface area contributed by atoms with Crippen molar-refractivity contribution in [3.05, 3.63) is 30.1 Å².